The summed E-state index contributed by atoms with van der Waals surface area (Å²) in [7, 11) is 0. The molecule has 6 heteroatoms. The van der Waals surface area contributed by atoms with E-state index in [1.54, 1.807) is 24.3 Å². The van der Waals surface area contributed by atoms with Gasteiger partial charge in [-0.25, -0.2) is 9.78 Å². The van der Waals surface area contributed by atoms with Gasteiger partial charge in [-0.15, -0.1) is 10.2 Å². The second-order valence-electron chi connectivity index (χ2n) is 5.84. The number of fused-ring (bicyclic) bond motifs is 1. The quantitative estimate of drug-likeness (QED) is 0.490. The lowest BCUT2D eigenvalue weighted by Crippen LogP contribution is -2.05. The lowest BCUT2D eigenvalue weighted by Gasteiger charge is -2.03. The van der Waals surface area contributed by atoms with Gasteiger partial charge in [0.15, 0.2) is 5.82 Å². The van der Waals surface area contributed by atoms with E-state index in [9.17, 15) is 4.79 Å². The first-order valence-corrected chi connectivity index (χ1v) is 8.22. The van der Waals surface area contributed by atoms with Crippen LogP contribution in [0.4, 0.5) is 11.5 Å². The van der Waals surface area contributed by atoms with E-state index in [1.165, 1.54) is 0 Å². The predicted molar refractivity (Wildman–Crippen MR) is 95.9 cm³/mol. The molecule has 0 saturated heterocycles. The molecule has 0 spiro atoms. The van der Waals surface area contributed by atoms with Crippen LogP contribution in [0.25, 0.3) is 5.65 Å². The van der Waals surface area contributed by atoms with Gasteiger partial charge in [-0.05, 0) is 56.2 Å². The number of ether oxygens (including phenoxy) is 1. The van der Waals surface area contributed by atoms with Crippen molar-refractivity contribution in [2.45, 2.75) is 27.2 Å². The maximum absolute atomic E-state index is 11.9. The van der Waals surface area contributed by atoms with E-state index >= 15 is 0 Å². The molecule has 0 amide bonds. The number of aromatic nitrogens is 2. The van der Waals surface area contributed by atoms with Gasteiger partial charge in [0.1, 0.15) is 5.65 Å². The van der Waals surface area contributed by atoms with Crippen LogP contribution in [0.1, 0.15) is 35.0 Å². The van der Waals surface area contributed by atoms with Gasteiger partial charge in [0.25, 0.3) is 0 Å². The van der Waals surface area contributed by atoms with Gasteiger partial charge in [-0.2, -0.15) is 0 Å². The number of rotatable bonds is 5. The van der Waals surface area contributed by atoms with E-state index in [0.717, 1.165) is 23.3 Å². The Morgan fingerprint density at radius 3 is 2.84 bits per heavy atom. The minimum atomic E-state index is -0.347. The largest absolute Gasteiger partial charge is 0.462 e. The Morgan fingerprint density at radius 1 is 1.20 bits per heavy atom. The Balaban J connectivity index is 1.88. The second kappa shape index (κ2) is 7.25. The Hall–Kier alpha value is -3.02. The van der Waals surface area contributed by atoms with E-state index in [1.807, 2.05) is 43.5 Å². The molecule has 3 aromatic rings. The molecular weight excluding hydrogens is 316 g/mol. The third-order valence-electron chi connectivity index (χ3n) is 3.70. The number of nitrogens with zero attached hydrogens (tertiary/aromatic N) is 4. The number of pyridine rings is 1. The predicted octanol–water partition coefficient (Wildman–Crippen LogP) is 4.93. The molecule has 25 heavy (non-hydrogen) atoms. The fourth-order valence-electron chi connectivity index (χ4n) is 2.45. The summed E-state index contributed by atoms with van der Waals surface area (Å²) in [6.07, 6.45) is 2.72. The van der Waals surface area contributed by atoms with Crippen molar-refractivity contribution in [1.29, 1.82) is 0 Å². The first-order valence-electron chi connectivity index (χ1n) is 8.22. The van der Waals surface area contributed by atoms with Crippen LogP contribution in [0, 0.1) is 13.8 Å². The average molecular weight is 336 g/mol. The fraction of sp³-hybridized carbons (Fsp3) is 0.263. The molecule has 2 heterocycles. The lowest BCUT2D eigenvalue weighted by molar-refractivity contribution is 0.0505. The smallest absolute Gasteiger partial charge is 0.338 e. The van der Waals surface area contributed by atoms with Gasteiger partial charge in [0, 0.05) is 6.20 Å². The number of hydrogen-bond donors (Lipinski definition) is 0. The first kappa shape index (κ1) is 16.8. The maximum atomic E-state index is 11.9. The van der Waals surface area contributed by atoms with Gasteiger partial charge in [-0.1, -0.05) is 13.0 Å². The molecule has 128 valence electrons. The molecule has 0 aliphatic rings. The topological polar surface area (TPSA) is 68.3 Å². The molecule has 0 N–H and O–H groups in total. The van der Waals surface area contributed by atoms with E-state index in [4.69, 9.17) is 4.74 Å². The summed E-state index contributed by atoms with van der Waals surface area (Å²) in [5.74, 6) is 0.328. The van der Waals surface area contributed by atoms with Crippen LogP contribution in [-0.2, 0) is 4.74 Å². The molecule has 0 aliphatic carbocycles. The summed E-state index contributed by atoms with van der Waals surface area (Å²) in [6.45, 7) is 6.28. The molecule has 6 nitrogen and oxygen atoms in total. The highest BCUT2D eigenvalue weighted by Gasteiger charge is 2.09. The molecule has 2 aromatic heterocycles. The number of esters is 1. The van der Waals surface area contributed by atoms with Gasteiger partial charge in [0.2, 0.25) is 0 Å². The molecule has 0 radical (unpaired) electrons. The van der Waals surface area contributed by atoms with Crippen molar-refractivity contribution in [3.8, 4) is 0 Å². The van der Waals surface area contributed by atoms with Crippen molar-refractivity contribution in [3.63, 3.8) is 0 Å². The third kappa shape index (κ3) is 3.74. The molecule has 0 aliphatic heterocycles. The molecule has 3 rings (SSSR count). The Labute approximate surface area is 146 Å². The maximum Gasteiger partial charge on any atom is 0.338 e. The third-order valence-corrected chi connectivity index (χ3v) is 3.70. The van der Waals surface area contributed by atoms with Gasteiger partial charge < -0.3 is 4.74 Å². The zero-order valence-corrected chi connectivity index (χ0v) is 14.6. The second-order valence-corrected chi connectivity index (χ2v) is 5.84. The lowest BCUT2D eigenvalue weighted by atomic mass is 10.2. The minimum absolute atomic E-state index is 0.347. The highest BCUT2D eigenvalue weighted by atomic mass is 16.5. The van der Waals surface area contributed by atoms with Crippen LogP contribution in [0.3, 0.4) is 0 Å². The number of imidazole rings is 1. The van der Waals surface area contributed by atoms with Crippen molar-refractivity contribution in [3.05, 3.63) is 59.4 Å². The van der Waals surface area contributed by atoms with Crippen LogP contribution in [0.2, 0.25) is 0 Å². The van der Waals surface area contributed by atoms with Gasteiger partial charge in [0.05, 0.1) is 23.6 Å². The summed E-state index contributed by atoms with van der Waals surface area (Å²) in [6, 6.07) is 10.9. The molecule has 0 unspecified atom stereocenters. The number of aryl methyl sites for hydroxylation is 2. The van der Waals surface area contributed by atoms with Crippen LogP contribution in [0.15, 0.2) is 52.8 Å². The highest BCUT2D eigenvalue weighted by Crippen LogP contribution is 2.24. The highest BCUT2D eigenvalue weighted by molar-refractivity contribution is 5.90. The summed E-state index contributed by atoms with van der Waals surface area (Å²) in [4.78, 5) is 16.4. The van der Waals surface area contributed by atoms with Gasteiger partial charge in [-0.3, -0.25) is 4.40 Å². The monoisotopic (exact) mass is 336 g/mol. The number of hydrogen-bond acceptors (Lipinski definition) is 5. The minimum Gasteiger partial charge on any atom is -0.462 e. The van der Waals surface area contributed by atoms with Gasteiger partial charge >= 0.3 is 5.97 Å². The molecule has 0 saturated carbocycles. The zero-order chi connectivity index (χ0) is 17.8. The molecular formula is C19H20N4O2. The Bertz CT molecular complexity index is 944. The van der Waals surface area contributed by atoms with Crippen LogP contribution in [0.5, 0.6) is 0 Å². The van der Waals surface area contributed by atoms with Crippen molar-refractivity contribution < 1.29 is 9.53 Å². The summed E-state index contributed by atoms with van der Waals surface area (Å²) in [5.41, 5.74) is 3.83. The molecule has 0 bridgehead atoms. The van der Waals surface area contributed by atoms with Crippen LogP contribution < -0.4 is 0 Å². The van der Waals surface area contributed by atoms with Crippen LogP contribution in [-0.4, -0.2) is 22.0 Å². The summed E-state index contributed by atoms with van der Waals surface area (Å²) in [5, 5.41) is 8.59. The average Bonchev–Trinajstić information content (AvgIpc) is 2.92. The number of carbonyl (C=O) groups is 1. The molecule has 0 atom stereocenters. The number of azo groups is 1. The fourth-order valence-corrected chi connectivity index (χ4v) is 2.45. The zero-order valence-electron chi connectivity index (χ0n) is 14.6. The van der Waals surface area contributed by atoms with Crippen molar-refractivity contribution >= 4 is 23.1 Å². The van der Waals surface area contributed by atoms with E-state index < -0.39 is 0 Å². The van der Waals surface area contributed by atoms with E-state index in [-0.39, 0.29) is 5.97 Å². The summed E-state index contributed by atoms with van der Waals surface area (Å²) < 4.78 is 7.04. The Morgan fingerprint density at radius 2 is 2.04 bits per heavy atom. The SMILES string of the molecule is CCCOC(=O)c1cccc(N=Nc2c(C)nc3cc(C)ccn23)c1. The summed E-state index contributed by atoms with van der Waals surface area (Å²) >= 11 is 0. The molecule has 0 fully saturated rings. The normalized spacial score (nSPS) is 11.3. The van der Waals surface area contributed by atoms with E-state index in [0.29, 0.717) is 23.7 Å². The Kier molecular flexibility index (Phi) is 4.88. The van der Waals surface area contributed by atoms with Crippen molar-refractivity contribution in [2.75, 3.05) is 6.61 Å². The molecule has 1 aromatic carbocycles. The standard InChI is InChI=1S/C19H20N4O2/c1-4-10-25-19(24)15-6-5-7-16(12-15)21-22-18-14(3)20-17-11-13(2)8-9-23(17)18/h5-9,11-12H,4,10H2,1-3H3. The first-order chi connectivity index (χ1) is 12.1. The van der Waals surface area contributed by atoms with Crippen LogP contribution >= 0.6 is 0 Å². The number of benzene rings is 1. The van der Waals surface area contributed by atoms with E-state index in [2.05, 4.69) is 15.2 Å². The van der Waals surface area contributed by atoms with Crippen molar-refractivity contribution in [2.24, 2.45) is 10.2 Å². The number of carbonyl (C=O) groups excluding carboxylic acids is 1. The van der Waals surface area contributed by atoms with Crippen molar-refractivity contribution in [1.82, 2.24) is 9.38 Å².